The van der Waals surface area contributed by atoms with Gasteiger partial charge in [0.1, 0.15) is 5.82 Å². The van der Waals surface area contributed by atoms with Gasteiger partial charge in [-0.1, -0.05) is 23.7 Å². The van der Waals surface area contributed by atoms with Crippen LogP contribution < -0.4 is 10.2 Å². The van der Waals surface area contributed by atoms with Crippen molar-refractivity contribution in [3.8, 4) is 0 Å². The molecule has 0 aliphatic heterocycles. The highest BCUT2D eigenvalue weighted by Crippen LogP contribution is 2.11. The van der Waals surface area contributed by atoms with Crippen LogP contribution in [-0.4, -0.2) is 31.5 Å². The number of carbonyl (C=O) groups is 1. The third kappa shape index (κ3) is 4.46. The van der Waals surface area contributed by atoms with Gasteiger partial charge in [-0.25, -0.2) is 4.98 Å². The summed E-state index contributed by atoms with van der Waals surface area (Å²) in [6.07, 6.45) is 2.33. The Labute approximate surface area is 129 Å². The number of aromatic nitrogens is 1. The maximum absolute atomic E-state index is 12.0. The molecular formula is C16H18ClN3O. The molecule has 1 heterocycles. The molecular weight excluding hydrogens is 286 g/mol. The number of rotatable bonds is 5. The van der Waals surface area contributed by atoms with E-state index >= 15 is 0 Å². The molecule has 110 valence electrons. The molecule has 0 saturated carbocycles. The Hall–Kier alpha value is -2.07. The van der Waals surface area contributed by atoms with E-state index in [1.165, 1.54) is 0 Å². The van der Waals surface area contributed by atoms with E-state index in [1.54, 1.807) is 12.3 Å². The van der Waals surface area contributed by atoms with E-state index in [0.29, 0.717) is 17.1 Å². The molecule has 0 aliphatic carbocycles. The second-order valence-corrected chi connectivity index (χ2v) is 5.37. The standard InChI is InChI=1S/C16H18ClN3O/c1-20(2)15-7-6-13(11-19-15)16(21)18-9-8-12-4-3-5-14(17)10-12/h3-7,10-11H,8-9H2,1-2H3,(H,18,21). The third-order valence-electron chi connectivity index (χ3n) is 3.06. The molecule has 0 spiro atoms. The van der Waals surface area contributed by atoms with Crippen molar-refractivity contribution < 1.29 is 4.79 Å². The topological polar surface area (TPSA) is 45.2 Å². The minimum absolute atomic E-state index is 0.116. The molecule has 2 rings (SSSR count). The normalized spacial score (nSPS) is 10.2. The molecule has 0 aliphatic rings. The number of amides is 1. The molecule has 1 N–H and O–H groups in total. The zero-order valence-corrected chi connectivity index (χ0v) is 12.9. The fourth-order valence-electron chi connectivity index (χ4n) is 1.90. The average molecular weight is 304 g/mol. The van der Waals surface area contributed by atoms with Gasteiger partial charge < -0.3 is 10.2 Å². The fourth-order valence-corrected chi connectivity index (χ4v) is 2.11. The molecule has 0 atom stereocenters. The summed E-state index contributed by atoms with van der Waals surface area (Å²) in [5.74, 6) is 0.709. The Bertz CT molecular complexity index is 611. The molecule has 2 aromatic rings. The van der Waals surface area contributed by atoms with Crippen LogP contribution in [0.2, 0.25) is 5.02 Å². The molecule has 5 heteroatoms. The number of pyridine rings is 1. The number of anilines is 1. The molecule has 1 aromatic carbocycles. The minimum Gasteiger partial charge on any atom is -0.363 e. The summed E-state index contributed by atoms with van der Waals surface area (Å²) in [5.41, 5.74) is 1.66. The van der Waals surface area contributed by atoms with E-state index < -0.39 is 0 Å². The van der Waals surface area contributed by atoms with Crippen molar-refractivity contribution in [2.75, 3.05) is 25.5 Å². The number of hydrogen-bond acceptors (Lipinski definition) is 3. The molecule has 1 amide bonds. The lowest BCUT2D eigenvalue weighted by Crippen LogP contribution is -2.26. The smallest absolute Gasteiger partial charge is 0.252 e. The molecule has 0 bridgehead atoms. The molecule has 1 aromatic heterocycles. The first-order valence-electron chi connectivity index (χ1n) is 6.72. The van der Waals surface area contributed by atoms with E-state index in [-0.39, 0.29) is 5.91 Å². The Morgan fingerprint density at radius 2 is 2.10 bits per heavy atom. The van der Waals surface area contributed by atoms with Gasteiger partial charge in [0.25, 0.3) is 5.91 Å². The Morgan fingerprint density at radius 3 is 2.71 bits per heavy atom. The lowest BCUT2D eigenvalue weighted by atomic mass is 10.1. The first-order valence-corrected chi connectivity index (χ1v) is 7.10. The number of halogens is 1. The van der Waals surface area contributed by atoms with Gasteiger partial charge in [-0.3, -0.25) is 4.79 Å². The second-order valence-electron chi connectivity index (χ2n) is 4.94. The molecule has 4 nitrogen and oxygen atoms in total. The summed E-state index contributed by atoms with van der Waals surface area (Å²) in [5, 5.41) is 3.59. The summed E-state index contributed by atoms with van der Waals surface area (Å²) in [6.45, 7) is 0.564. The summed E-state index contributed by atoms with van der Waals surface area (Å²) >= 11 is 5.92. The Morgan fingerprint density at radius 1 is 1.29 bits per heavy atom. The van der Waals surface area contributed by atoms with Crippen molar-refractivity contribution in [1.82, 2.24) is 10.3 Å². The zero-order chi connectivity index (χ0) is 15.2. The van der Waals surface area contributed by atoms with Crippen LogP contribution in [0.3, 0.4) is 0 Å². The lowest BCUT2D eigenvalue weighted by Gasteiger charge is -2.11. The van der Waals surface area contributed by atoms with Gasteiger partial charge in [0, 0.05) is 31.9 Å². The minimum atomic E-state index is -0.116. The highest BCUT2D eigenvalue weighted by molar-refractivity contribution is 6.30. The van der Waals surface area contributed by atoms with Crippen LogP contribution in [0.1, 0.15) is 15.9 Å². The molecule has 0 saturated heterocycles. The van der Waals surface area contributed by atoms with Gasteiger partial charge in [0.05, 0.1) is 5.56 Å². The van der Waals surface area contributed by atoms with Gasteiger partial charge in [0.15, 0.2) is 0 Å². The molecule has 21 heavy (non-hydrogen) atoms. The average Bonchev–Trinajstić information content (AvgIpc) is 2.47. The predicted molar refractivity (Wildman–Crippen MR) is 86.1 cm³/mol. The van der Waals surface area contributed by atoms with E-state index in [0.717, 1.165) is 17.8 Å². The van der Waals surface area contributed by atoms with Crippen LogP contribution in [0.25, 0.3) is 0 Å². The van der Waals surface area contributed by atoms with Gasteiger partial charge >= 0.3 is 0 Å². The van der Waals surface area contributed by atoms with Crippen LogP contribution in [0.5, 0.6) is 0 Å². The third-order valence-corrected chi connectivity index (χ3v) is 3.29. The van der Waals surface area contributed by atoms with Crippen molar-refractivity contribution in [2.24, 2.45) is 0 Å². The molecule has 0 radical (unpaired) electrons. The van der Waals surface area contributed by atoms with Crippen LogP contribution in [0.15, 0.2) is 42.6 Å². The second kappa shape index (κ2) is 7.09. The maximum atomic E-state index is 12.0. The van der Waals surface area contributed by atoms with Crippen molar-refractivity contribution in [2.45, 2.75) is 6.42 Å². The van der Waals surface area contributed by atoms with Crippen molar-refractivity contribution in [3.63, 3.8) is 0 Å². The van der Waals surface area contributed by atoms with Gasteiger partial charge in [0.2, 0.25) is 0 Å². The van der Waals surface area contributed by atoms with Crippen LogP contribution in [0.4, 0.5) is 5.82 Å². The summed E-state index contributed by atoms with van der Waals surface area (Å²) in [4.78, 5) is 18.1. The fraction of sp³-hybridized carbons (Fsp3) is 0.250. The first-order chi connectivity index (χ1) is 10.1. The van der Waals surface area contributed by atoms with Crippen LogP contribution in [0, 0.1) is 0 Å². The Kier molecular flexibility index (Phi) is 5.17. The number of carbonyl (C=O) groups excluding carboxylic acids is 1. The largest absolute Gasteiger partial charge is 0.363 e. The lowest BCUT2D eigenvalue weighted by molar-refractivity contribution is 0.0954. The molecule has 0 unspecified atom stereocenters. The maximum Gasteiger partial charge on any atom is 0.252 e. The monoisotopic (exact) mass is 303 g/mol. The number of hydrogen-bond donors (Lipinski definition) is 1. The van der Waals surface area contributed by atoms with E-state index in [2.05, 4.69) is 10.3 Å². The van der Waals surface area contributed by atoms with Gasteiger partial charge in [-0.05, 0) is 36.2 Å². The Balaban J connectivity index is 1.87. The zero-order valence-electron chi connectivity index (χ0n) is 12.1. The number of nitrogens with zero attached hydrogens (tertiary/aromatic N) is 2. The summed E-state index contributed by atoms with van der Waals surface area (Å²) in [7, 11) is 3.82. The van der Waals surface area contributed by atoms with Gasteiger partial charge in [-0.2, -0.15) is 0 Å². The summed E-state index contributed by atoms with van der Waals surface area (Å²) in [6, 6.07) is 11.2. The highest BCUT2D eigenvalue weighted by atomic mass is 35.5. The van der Waals surface area contributed by atoms with E-state index in [9.17, 15) is 4.79 Å². The SMILES string of the molecule is CN(C)c1ccc(C(=O)NCCc2cccc(Cl)c2)cn1. The number of nitrogens with one attached hydrogen (secondary N) is 1. The van der Waals surface area contributed by atoms with Crippen LogP contribution in [-0.2, 0) is 6.42 Å². The first kappa shape index (κ1) is 15.3. The van der Waals surface area contributed by atoms with Crippen molar-refractivity contribution >= 4 is 23.3 Å². The van der Waals surface area contributed by atoms with Crippen molar-refractivity contribution in [3.05, 3.63) is 58.7 Å². The highest BCUT2D eigenvalue weighted by Gasteiger charge is 2.06. The van der Waals surface area contributed by atoms with E-state index in [4.69, 9.17) is 11.6 Å². The van der Waals surface area contributed by atoms with E-state index in [1.807, 2.05) is 49.3 Å². The van der Waals surface area contributed by atoms with Gasteiger partial charge in [-0.15, -0.1) is 0 Å². The predicted octanol–water partition coefficient (Wildman–Crippen LogP) is 2.77. The molecule has 0 fully saturated rings. The summed E-state index contributed by atoms with van der Waals surface area (Å²) < 4.78 is 0. The van der Waals surface area contributed by atoms with Crippen molar-refractivity contribution in [1.29, 1.82) is 0 Å². The number of benzene rings is 1. The van der Waals surface area contributed by atoms with Crippen LogP contribution >= 0.6 is 11.6 Å². The quantitative estimate of drug-likeness (QED) is 0.924.